The zero-order chi connectivity index (χ0) is 17.2. The number of nitrogens with one attached hydrogen (secondary N) is 1. The number of phenols is 1. The molecule has 4 rings (SSSR count). The zero-order valence-electron chi connectivity index (χ0n) is 13.4. The van der Waals surface area contributed by atoms with Gasteiger partial charge in [0.2, 0.25) is 0 Å². The van der Waals surface area contributed by atoms with Crippen molar-refractivity contribution in [2.45, 2.75) is 6.54 Å². The maximum atomic E-state index is 9.54. The zero-order valence-corrected chi connectivity index (χ0v) is 14.1. The van der Waals surface area contributed by atoms with Crippen LogP contribution in [0.2, 0.25) is 5.02 Å². The maximum absolute atomic E-state index is 9.54. The van der Waals surface area contributed by atoms with Crippen molar-refractivity contribution in [3.8, 4) is 17.0 Å². The highest BCUT2D eigenvalue weighted by Gasteiger charge is 2.13. The van der Waals surface area contributed by atoms with Crippen LogP contribution in [0.3, 0.4) is 0 Å². The summed E-state index contributed by atoms with van der Waals surface area (Å²) >= 11 is 6.07. The first-order chi connectivity index (χ1) is 12.2. The lowest BCUT2D eigenvalue weighted by Crippen LogP contribution is -2.03. The van der Waals surface area contributed by atoms with Crippen molar-refractivity contribution in [3.63, 3.8) is 0 Å². The van der Waals surface area contributed by atoms with Crippen LogP contribution < -0.4 is 5.32 Å². The average molecular weight is 350 g/mol. The summed E-state index contributed by atoms with van der Waals surface area (Å²) in [5.74, 6) is 1.14. The molecule has 25 heavy (non-hydrogen) atoms. The van der Waals surface area contributed by atoms with Gasteiger partial charge in [0.1, 0.15) is 22.9 Å². The topological polar surface area (TPSA) is 49.6 Å². The molecule has 4 aromatic rings. The Hall–Kier alpha value is -2.98. The van der Waals surface area contributed by atoms with E-state index < -0.39 is 0 Å². The Kier molecular flexibility index (Phi) is 4.04. The highest BCUT2D eigenvalue weighted by molar-refractivity contribution is 6.30. The summed E-state index contributed by atoms with van der Waals surface area (Å²) in [5.41, 5.74) is 3.73. The number of pyridine rings is 1. The quantitative estimate of drug-likeness (QED) is 0.546. The van der Waals surface area contributed by atoms with Gasteiger partial charge in [0.25, 0.3) is 0 Å². The van der Waals surface area contributed by atoms with E-state index in [1.165, 1.54) is 0 Å². The summed E-state index contributed by atoms with van der Waals surface area (Å²) in [4.78, 5) is 4.74. The molecule has 0 unspecified atom stereocenters. The van der Waals surface area contributed by atoms with Crippen molar-refractivity contribution >= 4 is 23.1 Å². The average Bonchev–Trinajstić information content (AvgIpc) is 2.99. The van der Waals surface area contributed by atoms with Gasteiger partial charge in [0.05, 0.1) is 0 Å². The summed E-state index contributed by atoms with van der Waals surface area (Å²) in [5, 5.41) is 13.7. The first-order valence-corrected chi connectivity index (χ1v) is 8.33. The number of hydrogen-bond donors (Lipinski definition) is 2. The molecule has 0 fully saturated rings. The number of benzene rings is 2. The molecular weight excluding hydrogens is 334 g/mol. The summed E-state index contributed by atoms with van der Waals surface area (Å²) in [6, 6.07) is 20.7. The van der Waals surface area contributed by atoms with E-state index in [4.69, 9.17) is 16.6 Å². The smallest absolute Gasteiger partial charge is 0.139 e. The summed E-state index contributed by atoms with van der Waals surface area (Å²) in [6.07, 6.45) is 1.98. The summed E-state index contributed by atoms with van der Waals surface area (Å²) in [7, 11) is 0. The number of aromatic hydroxyl groups is 1. The molecule has 0 atom stereocenters. The molecule has 0 saturated carbocycles. The monoisotopic (exact) mass is 349 g/mol. The van der Waals surface area contributed by atoms with Crippen LogP contribution in [0.4, 0.5) is 5.82 Å². The fraction of sp³-hybridized carbons (Fsp3) is 0.0500. The van der Waals surface area contributed by atoms with Crippen molar-refractivity contribution in [3.05, 3.63) is 83.5 Å². The molecule has 5 heteroatoms. The molecule has 0 saturated heterocycles. The number of nitrogens with zero attached hydrogens (tertiary/aromatic N) is 2. The molecule has 0 spiro atoms. The molecular formula is C20H16ClN3O. The minimum atomic E-state index is 0.237. The van der Waals surface area contributed by atoms with Crippen LogP contribution in [-0.2, 0) is 6.54 Å². The Labute approximate surface area is 150 Å². The predicted octanol–water partition coefficient (Wildman–Crippen LogP) is 4.97. The molecule has 0 aliphatic carbocycles. The number of aromatic nitrogens is 2. The molecule has 2 aromatic carbocycles. The second kappa shape index (κ2) is 6.49. The minimum Gasteiger partial charge on any atom is -0.508 e. The van der Waals surface area contributed by atoms with E-state index >= 15 is 0 Å². The largest absolute Gasteiger partial charge is 0.508 e. The lowest BCUT2D eigenvalue weighted by atomic mass is 10.1. The minimum absolute atomic E-state index is 0.237. The first kappa shape index (κ1) is 15.5. The van der Waals surface area contributed by atoms with E-state index in [0.717, 1.165) is 33.3 Å². The second-order valence-electron chi connectivity index (χ2n) is 5.77. The van der Waals surface area contributed by atoms with E-state index in [1.54, 1.807) is 12.1 Å². The Morgan fingerprint density at radius 3 is 2.64 bits per heavy atom. The number of fused-ring (bicyclic) bond motifs is 1. The molecule has 0 aliphatic rings. The third-order valence-corrected chi connectivity index (χ3v) is 4.25. The number of halogens is 1. The maximum Gasteiger partial charge on any atom is 0.139 e. The van der Waals surface area contributed by atoms with Gasteiger partial charge in [-0.1, -0.05) is 29.8 Å². The fourth-order valence-corrected chi connectivity index (χ4v) is 3.03. The van der Waals surface area contributed by atoms with Crippen molar-refractivity contribution in [2.75, 3.05) is 5.32 Å². The van der Waals surface area contributed by atoms with Gasteiger partial charge in [-0.25, -0.2) is 4.98 Å². The highest BCUT2D eigenvalue weighted by atomic mass is 35.5. The van der Waals surface area contributed by atoms with E-state index in [1.807, 2.05) is 65.2 Å². The Balaban J connectivity index is 1.75. The van der Waals surface area contributed by atoms with Crippen molar-refractivity contribution in [2.24, 2.45) is 0 Å². The molecule has 124 valence electrons. The standard InChI is InChI=1S/C20H16ClN3O/c21-16-5-3-4-14(12-16)13-22-20-19(15-7-9-17(25)10-8-15)23-18-6-1-2-11-24(18)20/h1-12,22,25H,13H2. The van der Waals surface area contributed by atoms with Crippen molar-refractivity contribution < 1.29 is 5.11 Å². The van der Waals surface area contributed by atoms with Crippen LogP contribution in [0, 0.1) is 0 Å². The van der Waals surface area contributed by atoms with Crippen molar-refractivity contribution in [1.29, 1.82) is 0 Å². The normalized spacial score (nSPS) is 10.9. The number of anilines is 1. The lowest BCUT2D eigenvalue weighted by molar-refractivity contribution is 0.475. The van der Waals surface area contributed by atoms with Gasteiger partial charge >= 0.3 is 0 Å². The summed E-state index contributed by atoms with van der Waals surface area (Å²) in [6.45, 7) is 0.633. The molecule has 2 heterocycles. The fourth-order valence-electron chi connectivity index (χ4n) is 2.82. The van der Waals surface area contributed by atoms with Crippen LogP contribution in [0.1, 0.15) is 5.56 Å². The number of phenolic OH excluding ortho intramolecular Hbond substituents is 1. The molecule has 2 aromatic heterocycles. The van der Waals surface area contributed by atoms with Gasteiger partial charge in [-0.2, -0.15) is 0 Å². The Morgan fingerprint density at radius 1 is 1.00 bits per heavy atom. The Bertz CT molecular complexity index is 1020. The summed E-state index contributed by atoms with van der Waals surface area (Å²) < 4.78 is 2.02. The van der Waals surface area contributed by atoms with Gasteiger partial charge in [-0.05, 0) is 54.1 Å². The number of rotatable bonds is 4. The molecule has 0 aliphatic heterocycles. The van der Waals surface area contributed by atoms with Crippen LogP contribution in [0.25, 0.3) is 16.9 Å². The highest BCUT2D eigenvalue weighted by Crippen LogP contribution is 2.30. The van der Waals surface area contributed by atoms with E-state index in [-0.39, 0.29) is 5.75 Å². The van der Waals surface area contributed by atoms with Gasteiger partial charge in [0.15, 0.2) is 0 Å². The second-order valence-corrected chi connectivity index (χ2v) is 6.20. The SMILES string of the molecule is Oc1ccc(-c2nc3ccccn3c2NCc2cccc(Cl)c2)cc1. The molecule has 0 amide bonds. The van der Waals surface area contributed by atoms with Gasteiger partial charge in [-0.3, -0.25) is 4.40 Å². The van der Waals surface area contributed by atoms with Crippen LogP contribution in [0.5, 0.6) is 5.75 Å². The first-order valence-electron chi connectivity index (χ1n) is 7.95. The van der Waals surface area contributed by atoms with E-state index in [2.05, 4.69) is 5.32 Å². The van der Waals surface area contributed by atoms with Crippen molar-refractivity contribution in [1.82, 2.24) is 9.38 Å². The molecule has 2 N–H and O–H groups in total. The molecule has 0 bridgehead atoms. The third kappa shape index (κ3) is 3.16. The Morgan fingerprint density at radius 2 is 1.84 bits per heavy atom. The number of imidazole rings is 1. The molecule has 4 nitrogen and oxygen atoms in total. The van der Waals surface area contributed by atoms with E-state index in [9.17, 15) is 5.11 Å². The van der Waals surface area contributed by atoms with Gasteiger partial charge in [-0.15, -0.1) is 0 Å². The molecule has 0 radical (unpaired) electrons. The number of hydrogen-bond acceptors (Lipinski definition) is 3. The third-order valence-electron chi connectivity index (χ3n) is 4.02. The van der Waals surface area contributed by atoms with Crippen LogP contribution >= 0.6 is 11.6 Å². The van der Waals surface area contributed by atoms with Crippen LogP contribution in [-0.4, -0.2) is 14.5 Å². The van der Waals surface area contributed by atoms with E-state index in [0.29, 0.717) is 6.54 Å². The predicted molar refractivity (Wildman–Crippen MR) is 101 cm³/mol. The lowest BCUT2D eigenvalue weighted by Gasteiger charge is -2.09. The van der Waals surface area contributed by atoms with Crippen LogP contribution in [0.15, 0.2) is 72.9 Å². The van der Waals surface area contributed by atoms with Gasteiger partial charge in [0, 0.05) is 23.3 Å². The van der Waals surface area contributed by atoms with Gasteiger partial charge < -0.3 is 10.4 Å².